The van der Waals surface area contributed by atoms with E-state index in [0.717, 1.165) is 42.2 Å². The van der Waals surface area contributed by atoms with Crippen molar-refractivity contribution < 1.29 is 23.0 Å². The molecule has 194 valence electrons. The van der Waals surface area contributed by atoms with Gasteiger partial charge in [0.25, 0.3) is 0 Å². The molecule has 0 spiro atoms. The number of halogens is 3. The normalized spacial score (nSPS) is 13.7. The van der Waals surface area contributed by atoms with Crippen molar-refractivity contribution in [1.29, 1.82) is 0 Å². The van der Waals surface area contributed by atoms with Crippen molar-refractivity contribution in [2.75, 3.05) is 33.4 Å². The Morgan fingerprint density at radius 2 is 1.46 bits per heavy atom. The van der Waals surface area contributed by atoms with Gasteiger partial charge in [0.2, 0.25) is 0 Å². The van der Waals surface area contributed by atoms with Crippen LogP contribution in [0.3, 0.4) is 0 Å². The molecule has 0 N–H and O–H groups in total. The van der Waals surface area contributed by atoms with Crippen LogP contribution in [0.5, 0.6) is 23.0 Å². The van der Waals surface area contributed by atoms with Gasteiger partial charge in [0, 0.05) is 29.1 Å². The number of piperidine rings is 1. The van der Waals surface area contributed by atoms with Gasteiger partial charge in [0.1, 0.15) is 41.2 Å². The van der Waals surface area contributed by atoms with Crippen molar-refractivity contribution in [3.63, 3.8) is 0 Å². The van der Waals surface area contributed by atoms with Gasteiger partial charge in [0.05, 0.1) is 7.11 Å². The minimum atomic E-state index is -0.648. The molecule has 1 aliphatic heterocycles. The summed E-state index contributed by atoms with van der Waals surface area (Å²) >= 11 is 0. The topological polar surface area (TPSA) is 30.9 Å². The number of ether oxygens (including phenoxy) is 3. The Morgan fingerprint density at radius 1 is 0.757 bits per heavy atom. The van der Waals surface area contributed by atoms with Crippen molar-refractivity contribution in [2.45, 2.75) is 19.3 Å². The average Bonchev–Trinajstić information content (AvgIpc) is 2.90. The Morgan fingerprint density at radius 3 is 2.19 bits per heavy atom. The maximum absolute atomic E-state index is 14.7. The molecule has 0 saturated carbocycles. The molecule has 0 atom stereocenters. The summed E-state index contributed by atoms with van der Waals surface area (Å²) in [6, 6.07) is 20.2. The summed E-state index contributed by atoms with van der Waals surface area (Å²) in [6.45, 7) is 3.84. The Labute approximate surface area is 222 Å². The van der Waals surface area contributed by atoms with Crippen LogP contribution in [0.4, 0.5) is 8.78 Å². The predicted molar refractivity (Wildman–Crippen MR) is 145 cm³/mol. The molecule has 1 aliphatic rings. The molecule has 4 nitrogen and oxygen atoms in total. The second-order valence-electron chi connectivity index (χ2n) is 8.98. The van der Waals surface area contributed by atoms with Crippen molar-refractivity contribution in [3.05, 3.63) is 84.4 Å². The first kappa shape index (κ1) is 26.7. The Bertz CT molecular complexity index is 1340. The summed E-state index contributed by atoms with van der Waals surface area (Å²) in [5.74, 6) is 1.28. The lowest BCUT2D eigenvalue weighted by Gasteiger charge is -2.26. The maximum Gasteiger partial charge on any atom is 0.143 e. The monoisotopic (exact) mass is 525 g/mol. The van der Waals surface area contributed by atoms with Crippen molar-refractivity contribution in [3.8, 4) is 34.1 Å². The Kier molecular flexibility index (Phi) is 8.85. The lowest BCUT2D eigenvalue weighted by atomic mass is 9.98. The van der Waals surface area contributed by atoms with Crippen LogP contribution in [0.1, 0.15) is 19.3 Å². The van der Waals surface area contributed by atoms with E-state index in [1.807, 2.05) is 48.5 Å². The van der Waals surface area contributed by atoms with Crippen LogP contribution in [0.2, 0.25) is 0 Å². The molecule has 1 fully saturated rings. The van der Waals surface area contributed by atoms with Crippen molar-refractivity contribution >= 4 is 23.2 Å². The highest BCUT2D eigenvalue weighted by molar-refractivity contribution is 5.96. The maximum atomic E-state index is 14.7. The van der Waals surface area contributed by atoms with E-state index in [4.69, 9.17) is 14.2 Å². The number of fused-ring (bicyclic) bond motifs is 1. The molecule has 0 aliphatic carbocycles. The van der Waals surface area contributed by atoms with Crippen LogP contribution >= 0.6 is 12.4 Å². The lowest BCUT2D eigenvalue weighted by Crippen LogP contribution is -2.33. The van der Waals surface area contributed by atoms with Gasteiger partial charge >= 0.3 is 0 Å². The Balaban J connectivity index is 0.00000320. The number of nitrogens with zero attached hydrogens (tertiary/aromatic N) is 1. The number of rotatable bonds is 8. The number of methoxy groups -OCH3 is 1. The number of hydrogen-bond donors (Lipinski definition) is 0. The van der Waals surface area contributed by atoms with Crippen molar-refractivity contribution in [2.24, 2.45) is 0 Å². The SMILES string of the molecule is COc1ccc2c(Oc3ccc(OCCN4CCCCC4)cc3)c(-c3ccc(F)cc3F)ccc2c1.Cl. The minimum absolute atomic E-state index is 0. The third-order valence-corrected chi connectivity index (χ3v) is 6.57. The van der Waals surface area contributed by atoms with E-state index in [1.54, 1.807) is 13.2 Å². The van der Waals surface area contributed by atoms with Gasteiger partial charge in [-0.3, -0.25) is 4.90 Å². The van der Waals surface area contributed by atoms with Gasteiger partial charge in [-0.25, -0.2) is 8.78 Å². The summed E-state index contributed by atoms with van der Waals surface area (Å²) in [5.41, 5.74) is 0.800. The van der Waals surface area contributed by atoms with Gasteiger partial charge in [-0.1, -0.05) is 12.5 Å². The zero-order chi connectivity index (χ0) is 24.9. The quantitative estimate of drug-likeness (QED) is 0.234. The zero-order valence-electron chi connectivity index (χ0n) is 20.7. The van der Waals surface area contributed by atoms with Gasteiger partial charge in [-0.05, 0) is 92.0 Å². The molecule has 4 aromatic rings. The van der Waals surface area contributed by atoms with E-state index >= 15 is 0 Å². The molecule has 0 amide bonds. The number of benzene rings is 4. The fraction of sp³-hybridized carbons (Fsp3) is 0.267. The van der Waals surface area contributed by atoms with E-state index in [2.05, 4.69) is 4.90 Å². The van der Waals surface area contributed by atoms with Crippen molar-refractivity contribution in [1.82, 2.24) is 4.90 Å². The highest BCUT2D eigenvalue weighted by Gasteiger charge is 2.17. The second-order valence-corrected chi connectivity index (χ2v) is 8.98. The molecule has 0 unspecified atom stereocenters. The van der Waals surface area contributed by atoms with Gasteiger partial charge in [0.15, 0.2) is 0 Å². The first-order chi connectivity index (χ1) is 17.6. The molecule has 0 bridgehead atoms. The molecule has 1 heterocycles. The molecule has 1 saturated heterocycles. The third kappa shape index (κ3) is 6.32. The van der Waals surface area contributed by atoms with E-state index < -0.39 is 11.6 Å². The summed E-state index contributed by atoms with van der Waals surface area (Å²) in [7, 11) is 1.61. The highest BCUT2D eigenvalue weighted by Crippen LogP contribution is 2.41. The van der Waals surface area contributed by atoms with E-state index in [9.17, 15) is 8.78 Å². The smallest absolute Gasteiger partial charge is 0.143 e. The summed E-state index contributed by atoms with van der Waals surface area (Å²) in [4.78, 5) is 2.44. The van der Waals surface area contributed by atoms with Crippen LogP contribution in [0.15, 0.2) is 72.8 Å². The van der Waals surface area contributed by atoms with Crippen LogP contribution in [0.25, 0.3) is 21.9 Å². The first-order valence-electron chi connectivity index (χ1n) is 12.3. The van der Waals surface area contributed by atoms with Crippen LogP contribution in [0, 0.1) is 11.6 Å². The van der Waals surface area contributed by atoms with E-state index in [0.29, 0.717) is 29.4 Å². The van der Waals surface area contributed by atoms with Crippen LogP contribution in [-0.2, 0) is 0 Å². The molecule has 0 aromatic heterocycles. The van der Waals surface area contributed by atoms with Gasteiger partial charge < -0.3 is 14.2 Å². The largest absolute Gasteiger partial charge is 0.497 e. The lowest BCUT2D eigenvalue weighted by molar-refractivity contribution is 0.183. The number of likely N-dealkylation sites (tertiary alicyclic amines) is 1. The highest BCUT2D eigenvalue weighted by atomic mass is 35.5. The second kappa shape index (κ2) is 12.3. The van der Waals surface area contributed by atoms with Crippen LogP contribution in [-0.4, -0.2) is 38.3 Å². The van der Waals surface area contributed by atoms with Gasteiger partial charge in [-0.15, -0.1) is 12.4 Å². The van der Waals surface area contributed by atoms with Crippen LogP contribution < -0.4 is 14.2 Å². The summed E-state index contributed by atoms with van der Waals surface area (Å²) in [6.07, 6.45) is 3.84. The predicted octanol–water partition coefficient (Wildman–Crippen LogP) is 7.87. The number of hydrogen-bond acceptors (Lipinski definition) is 4. The summed E-state index contributed by atoms with van der Waals surface area (Å²) < 4.78 is 45.9. The Hall–Kier alpha value is -3.35. The molecule has 0 radical (unpaired) electrons. The third-order valence-electron chi connectivity index (χ3n) is 6.57. The molecule has 4 aromatic carbocycles. The van der Waals surface area contributed by atoms with Gasteiger partial charge in [-0.2, -0.15) is 0 Å². The standard InChI is InChI=1S/C30H29F2NO3.ClH/c1-34-25-11-14-26-21(19-25)5-12-28(27-13-6-22(31)20-29(27)32)30(26)36-24-9-7-23(8-10-24)35-18-17-33-15-3-2-4-16-33;/h5-14,19-20H,2-4,15-18H2,1H3;1H. The molecule has 5 rings (SSSR count). The van der Waals surface area contributed by atoms with E-state index in [1.165, 1.54) is 31.4 Å². The zero-order valence-corrected chi connectivity index (χ0v) is 21.5. The average molecular weight is 526 g/mol. The first-order valence-corrected chi connectivity index (χ1v) is 12.3. The van der Waals surface area contributed by atoms with E-state index in [-0.39, 0.29) is 18.0 Å². The minimum Gasteiger partial charge on any atom is -0.497 e. The molecular formula is C30H30ClF2NO3. The fourth-order valence-electron chi connectivity index (χ4n) is 4.63. The molecule has 7 heteroatoms. The summed E-state index contributed by atoms with van der Waals surface area (Å²) in [5, 5.41) is 1.67. The fourth-order valence-corrected chi connectivity index (χ4v) is 4.63. The molecule has 37 heavy (non-hydrogen) atoms. The molecular weight excluding hydrogens is 496 g/mol.